The number of carbonyl (C=O) groups is 1. The summed E-state index contributed by atoms with van der Waals surface area (Å²) in [5, 5.41) is 13.9. The van der Waals surface area contributed by atoms with Gasteiger partial charge in [0.15, 0.2) is 5.78 Å². The van der Waals surface area contributed by atoms with Crippen molar-refractivity contribution < 1.29 is 39.5 Å². The summed E-state index contributed by atoms with van der Waals surface area (Å²) in [7, 11) is 0. The smallest absolute Gasteiger partial charge is 0.860 e. The summed E-state index contributed by atoms with van der Waals surface area (Å²) < 4.78 is 0. The van der Waals surface area contributed by atoms with Crippen molar-refractivity contribution in [2.75, 3.05) is 5.32 Å². The number of ketones is 1. The van der Waals surface area contributed by atoms with Crippen LogP contribution in [0, 0.1) is 13.8 Å². The molecule has 0 atom stereocenters. The number of benzene rings is 1. The van der Waals surface area contributed by atoms with E-state index in [4.69, 9.17) is 0 Å². The molecule has 0 aliphatic rings. The minimum atomic E-state index is -0.380. The number of aryl methyl sites for hydroxylation is 2. The number of carbonyl (C=O) groups excluding carboxylic acids is 1. The van der Waals surface area contributed by atoms with Gasteiger partial charge in [-0.3, -0.25) is 4.79 Å². The molecule has 1 aromatic rings. The molecule has 0 radical (unpaired) electrons. The zero-order valence-electron chi connectivity index (χ0n) is 10.1. The van der Waals surface area contributed by atoms with Gasteiger partial charge in [-0.15, -0.1) is 0 Å². The SMILES string of the molecule is CC(=O)/C=C(\[O-])Nc1ccc(C)cc1C.[Na+]. The van der Waals surface area contributed by atoms with E-state index in [0.29, 0.717) is 0 Å². The van der Waals surface area contributed by atoms with Gasteiger partial charge in [-0.25, -0.2) is 0 Å². The van der Waals surface area contributed by atoms with Gasteiger partial charge in [-0.2, -0.15) is 0 Å². The summed E-state index contributed by atoms with van der Waals surface area (Å²) >= 11 is 0. The van der Waals surface area contributed by atoms with Crippen LogP contribution in [0.25, 0.3) is 0 Å². The van der Waals surface area contributed by atoms with Gasteiger partial charge in [-0.1, -0.05) is 17.7 Å². The van der Waals surface area contributed by atoms with Crippen molar-refractivity contribution in [1.82, 2.24) is 0 Å². The van der Waals surface area contributed by atoms with E-state index in [-0.39, 0.29) is 41.2 Å². The molecule has 16 heavy (non-hydrogen) atoms. The average Bonchev–Trinajstić information content (AvgIpc) is 2.08. The van der Waals surface area contributed by atoms with Gasteiger partial charge in [0.05, 0.1) is 0 Å². The van der Waals surface area contributed by atoms with Crippen LogP contribution < -0.4 is 40.0 Å². The Morgan fingerprint density at radius 2 is 2.00 bits per heavy atom. The Balaban J connectivity index is 0.00000225. The Bertz CT molecular complexity index is 413. The van der Waals surface area contributed by atoms with Crippen LogP contribution in [-0.2, 0) is 4.79 Å². The first-order chi connectivity index (χ1) is 6.99. The van der Waals surface area contributed by atoms with Gasteiger partial charge in [0.25, 0.3) is 0 Å². The first-order valence-corrected chi connectivity index (χ1v) is 4.72. The maximum Gasteiger partial charge on any atom is 1.00 e. The summed E-state index contributed by atoms with van der Waals surface area (Å²) in [4.78, 5) is 10.7. The van der Waals surface area contributed by atoms with Crippen molar-refractivity contribution in [2.24, 2.45) is 0 Å². The first-order valence-electron chi connectivity index (χ1n) is 4.72. The number of nitrogens with one attached hydrogen (secondary N) is 1. The minimum absolute atomic E-state index is 0. The van der Waals surface area contributed by atoms with Crippen LogP contribution in [0.2, 0.25) is 0 Å². The molecule has 0 heterocycles. The number of hydrogen-bond donors (Lipinski definition) is 1. The molecule has 0 bridgehead atoms. The van der Waals surface area contributed by atoms with Crippen molar-refractivity contribution in [3.05, 3.63) is 41.3 Å². The van der Waals surface area contributed by atoms with E-state index in [1.807, 2.05) is 32.0 Å². The van der Waals surface area contributed by atoms with Crippen LogP contribution in [0.4, 0.5) is 5.69 Å². The Hall–Kier alpha value is -0.770. The molecular weight excluding hydrogens is 213 g/mol. The predicted molar refractivity (Wildman–Crippen MR) is 58.3 cm³/mol. The monoisotopic (exact) mass is 227 g/mol. The molecule has 0 saturated heterocycles. The molecule has 4 heteroatoms. The molecule has 80 valence electrons. The van der Waals surface area contributed by atoms with E-state index >= 15 is 0 Å². The number of allylic oxidation sites excluding steroid dienone is 1. The van der Waals surface area contributed by atoms with Gasteiger partial charge in [0.1, 0.15) is 0 Å². The molecule has 0 fully saturated rings. The van der Waals surface area contributed by atoms with Crippen LogP contribution in [0.5, 0.6) is 0 Å². The fourth-order valence-electron chi connectivity index (χ4n) is 1.31. The second-order valence-electron chi connectivity index (χ2n) is 3.56. The van der Waals surface area contributed by atoms with Gasteiger partial charge >= 0.3 is 29.6 Å². The molecule has 1 aromatic carbocycles. The van der Waals surface area contributed by atoms with Crippen molar-refractivity contribution in [1.29, 1.82) is 0 Å². The zero-order chi connectivity index (χ0) is 11.4. The fourth-order valence-corrected chi connectivity index (χ4v) is 1.31. The summed E-state index contributed by atoms with van der Waals surface area (Å²) in [5.41, 5.74) is 2.87. The second-order valence-corrected chi connectivity index (χ2v) is 3.56. The Morgan fingerprint density at radius 1 is 1.38 bits per heavy atom. The second kappa shape index (κ2) is 6.74. The van der Waals surface area contributed by atoms with E-state index in [1.165, 1.54) is 6.92 Å². The summed E-state index contributed by atoms with van der Waals surface area (Å²) in [5.74, 6) is -0.633. The van der Waals surface area contributed by atoms with Crippen molar-refractivity contribution in [3.8, 4) is 0 Å². The van der Waals surface area contributed by atoms with Crippen LogP contribution >= 0.6 is 0 Å². The normalized spacial score (nSPS) is 10.6. The quantitative estimate of drug-likeness (QED) is 0.389. The minimum Gasteiger partial charge on any atom is -0.860 e. The summed E-state index contributed by atoms with van der Waals surface area (Å²) in [6.45, 7) is 5.25. The maximum absolute atomic E-state index is 11.3. The van der Waals surface area contributed by atoms with E-state index in [2.05, 4.69) is 5.32 Å². The summed E-state index contributed by atoms with van der Waals surface area (Å²) in [6.07, 6.45) is 1.04. The molecule has 0 aliphatic heterocycles. The molecule has 0 aliphatic carbocycles. The van der Waals surface area contributed by atoms with E-state index in [1.54, 1.807) is 0 Å². The molecule has 0 saturated carbocycles. The molecule has 0 amide bonds. The largest absolute Gasteiger partial charge is 1.00 e. The standard InChI is InChI=1S/C12H15NO2.Na/c1-8-4-5-11(9(2)6-8)13-12(15)7-10(3)14;/h4-7,13,15H,1-3H3;/q;+1/p-1/b12-7-;. The number of anilines is 1. The third-order valence-corrected chi connectivity index (χ3v) is 1.97. The molecule has 0 aromatic heterocycles. The Labute approximate surface area is 118 Å². The van der Waals surface area contributed by atoms with Crippen molar-refractivity contribution >= 4 is 11.5 Å². The fraction of sp³-hybridized carbons (Fsp3) is 0.250. The molecule has 3 nitrogen and oxygen atoms in total. The molecule has 0 unspecified atom stereocenters. The zero-order valence-corrected chi connectivity index (χ0v) is 12.1. The van der Waals surface area contributed by atoms with Gasteiger partial charge in [0.2, 0.25) is 0 Å². The van der Waals surface area contributed by atoms with Crippen LogP contribution in [0.1, 0.15) is 18.1 Å². The molecule has 1 rings (SSSR count). The van der Waals surface area contributed by atoms with Gasteiger partial charge in [0, 0.05) is 5.69 Å². The van der Waals surface area contributed by atoms with Crippen molar-refractivity contribution in [3.63, 3.8) is 0 Å². The Morgan fingerprint density at radius 3 is 2.50 bits per heavy atom. The van der Waals surface area contributed by atoms with Crippen LogP contribution in [0.15, 0.2) is 30.2 Å². The van der Waals surface area contributed by atoms with E-state index in [0.717, 1.165) is 22.9 Å². The number of rotatable bonds is 3. The molecular formula is C12H14NNaO2. The third-order valence-electron chi connectivity index (χ3n) is 1.97. The molecule has 1 N–H and O–H groups in total. The maximum atomic E-state index is 11.3. The van der Waals surface area contributed by atoms with Crippen molar-refractivity contribution in [2.45, 2.75) is 20.8 Å². The summed E-state index contributed by atoms with van der Waals surface area (Å²) in [6, 6.07) is 5.72. The number of hydrogen-bond acceptors (Lipinski definition) is 3. The van der Waals surface area contributed by atoms with Gasteiger partial charge in [-0.05, 0) is 44.4 Å². The molecule has 0 spiro atoms. The van der Waals surface area contributed by atoms with E-state index < -0.39 is 0 Å². The van der Waals surface area contributed by atoms with Gasteiger partial charge < -0.3 is 10.4 Å². The Kier molecular flexibility index (Phi) is 6.41. The third kappa shape index (κ3) is 4.84. The predicted octanol–water partition coefficient (Wildman–Crippen LogP) is -1.49. The topological polar surface area (TPSA) is 52.2 Å². The van der Waals surface area contributed by atoms with Crippen LogP contribution in [0.3, 0.4) is 0 Å². The van der Waals surface area contributed by atoms with Crippen LogP contribution in [-0.4, -0.2) is 5.78 Å². The van der Waals surface area contributed by atoms with E-state index in [9.17, 15) is 9.90 Å². The average molecular weight is 227 g/mol. The first kappa shape index (κ1) is 15.2.